The zero-order chi connectivity index (χ0) is 15.5. The zero-order valence-corrected chi connectivity index (χ0v) is 13.0. The van der Waals surface area contributed by atoms with Gasteiger partial charge < -0.3 is 10.4 Å². The van der Waals surface area contributed by atoms with Gasteiger partial charge in [-0.05, 0) is 23.8 Å². The molecule has 0 radical (unpaired) electrons. The summed E-state index contributed by atoms with van der Waals surface area (Å²) < 4.78 is 0.915. The molecule has 3 rings (SSSR count). The molecule has 0 spiro atoms. The van der Waals surface area contributed by atoms with E-state index in [2.05, 4.69) is 15.3 Å². The van der Waals surface area contributed by atoms with Crippen molar-refractivity contribution in [3.63, 3.8) is 0 Å². The molecule has 112 valence electrons. The van der Waals surface area contributed by atoms with E-state index in [0.29, 0.717) is 17.4 Å². The van der Waals surface area contributed by atoms with Crippen LogP contribution in [0.25, 0.3) is 20.7 Å². The smallest absolute Gasteiger partial charge is 0.305 e. The molecule has 2 aromatic heterocycles. The lowest BCUT2D eigenvalue weighted by molar-refractivity contribution is -0.136. The molecule has 0 saturated heterocycles. The van der Waals surface area contributed by atoms with Crippen LogP contribution in [-0.4, -0.2) is 27.6 Å². The number of halogens is 1. The number of carboxylic acids is 1. The Morgan fingerprint density at radius 2 is 2.05 bits per heavy atom. The number of hydrogen-bond donors (Lipinski definition) is 2. The molecule has 0 atom stereocenters. The first kappa shape index (κ1) is 14.7. The van der Waals surface area contributed by atoms with Crippen LogP contribution >= 0.6 is 22.9 Å². The van der Waals surface area contributed by atoms with Crippen molar-refractivity contribution in [3.8, 4) is 10.4 Å². The maximum absolute atomic E-state index is 10.6. The van der Waals surface area contributed by atoms with Gasteiger partial charge in [0.25, 0.3) is 0 Å². The summed E-state index contributed by atoms with van der Waals surface area (Å²) in [4.78, 5) is 20.1. The number of carbonyl (C=O) groups is 1. The van der Waals surface area contributed by atoms with E-state index >= 15 is 0 Å². The molecule has 1 aromatic carbocycles. The number of nitrogens with one attached hydrogen (secondary N) is 1. The number of carboxylic acid groups (broad SMARTS) is 1. The average Bonchev–Trinajstić information content (AvgIpc) is 2.92. The highest BCUT2D eigenvalue weighted by atomic mass is 35.5. The number of nitrogens with zero attached hydrogens (tertiary/aromatic N) is 2. The van der Waals surface area contributed by atoms with Gasteiger partial charge in [-0.3, -0.25) is 4.79 Å². The molecule has 5 nitrogen and oxygen atoms in total. The highest BCUT2D eigenvalue weighted by Crippen LogP contribution is 2.35. The Hall–Kier alpha value is -2.18. The molecule has 2 N–H and O–H groups in total. The van der Waals surface area contributed by atoms with Gasteiger partial charge in [-0.25, -0.2) is 9.97 Å². The summed E-state index contributed by atoms with van der Waals surface area (Å²) in [7, 11) is 0. The van der Waals surface area contributed by atoms with Gasteiger partial charge >= 0.3 is 5.97 Å². The first-order chi connectivity index (χ1) is 10.6. The lowest BCUT2D eigenvalue weighted by Crippen LogP contribution is -2.08. The van der Waals surface area contributed by atoms with Crippen LogP contribution in [0.3, 0.4) is 0 Å². The van der Waals surface area contributed by atoms with E-state index in [1.165, 1.54) is 6.33 Å². The van der Waals surface area contributed by atoms with E-state index < -0.39 is 5.97 Å². The summed E-state index contributed by atoms with van der Waals surface area (Å²) in [5, 5.41) is 12.4. The molecular weight excluding hydrogens is 322 g/mol. The van der Waals surface area contributed by atoms with Gasteiger partial charge in [0.1, 0.15) is 12.1 Å². The second-order valence-corrected chi connectivity index (χ2v) is 6.11. The fourth-order valence-corrected chi connectivity index (χ4v) is 3.23. The summed E-state index contributed by atoms with van der Waals surface area (Å²) in [6, 6.07) is 9.60. The summed E-state index contributed by atoms with van der Waals surface area (Å²) in [5.41, 5.74) is 1.90. The van der Waals surface area contributed by atoms with Crippen molar-refractivity contribution in [2.24, 2.45) is 0 Å². The van der Waals surface area contributed by atoms with Crippen LogP contribution in [0, 0.1) is 0 Å². The lowest BCUT2D eigenvalue weighted by atomic mass is 10.2. The standard InChI is InChI=1S/C15H12ClN3O2S/c16-10-3-1-9(2-4-10)12-7-11-14(22-12)15(19-8-18-11)17-6-5-13(20)21/h1-4,7-8H,5-6H2,(H,20,21)(H,17,18,19). The number of fused-ring (bicyclic) bond motifs is 1. The van der Waals surface area contributed by atoms with Crippen LogP contribution in [-0.2, 0) is 4.79 Å². The van der Waals surface area contributed by atoms with Crippen molar-refractivity contribution >= 4 is 44.9 Å². The molecule has 0 unspecified atom stereocenters. The second-order valence-electron chi connectivity index (χ2n) is 4.62. The number of benzene rings is 1. The van der Waals surface area contributed by atoms with Gasteiger partial charge in [0.15, 0.2) is 0 Å². The van der Waals surface area contributed by atoms with Crippen molar-refractivity contribution < 1.29 is 9.90 Å². The van der Waals surface area contributed by atoms with Crippen LogP contribution in [0.15, 0.2) is 36.7 Å². The predicted octanol–water partition coefficient (Wildman–Crippen LogP) is 3.90. The minimum atomic E-state index is -0.842. The summed E-state index contributed by atoms with van der Waals surface area (Å²) >= 11 is 7.47. The third-order valence-electron chi connectivity index (χ3n) is 3.07. The Kier molecular flexibility index (Phi) is 4.22. The van der Waals surface area contributed by atoms with Crippen molar-refractivity contribution in [1.82, 2.24) is 9.97 Å². The van der Waals surface area contributed by atoms with Gasteiger partial charge in [0.05, 0.1) is 16.6 Å². The molecule has 22 heavy (non-hydrogen) atoms. The predicted molar refractivity (Wildman–Crippen MR) is 88.6 cm³/mol. The van der Waals surface area contributed by atoms with Crippen LogP contribution in [0.4, 0.5) is 5.82 Å². The average molecular weight is 334 g/mol. The van der Waals surface area contributed by atoms with Crippen LogP contribution in [0.5, 0.6) is 0 Å². The number of thiophene rings is 1. The van der Waals surface area contributed by atoms with Crippen LogP contribution < -0.4 is 5.32 Å². The quantitative estimate of drug-likeness (QED) is 0.740. The molecule has 2 heterocycles. The van der Waals surface area contributed by atoms with Crippen molar-refractivity contribution in [3.05, 3.63) is 41.7 Å². The van der Waals surface area contributed by atoms with E-state index in [1.54, 1.807) is 11.3 Å². The third kappa shape index (κ3) is 3.18. The molecule has 0 saturated carbocycles. The first-order valence-corrected chi connectivity index (χ1v) is 7.79. The molecule has 7 heteroatoms. The Balaban J connectivity index is 1.92. The Morgan fingerprint density at radius 3 is 2.77 bits per heavy atom. The van der Waals surface area contributed by atoms with E-state index in [9.17, 15) is 4.79 Å². The lowest BCUT2D eigenvalue weighted by Gasteiger charge is -2.03. The Labute approximate surface area is 135 Å². The number of hydrogen-bond acceptors (Lipinski definition) is 5. The van der Waals surface area contributed by atoms with E-state index in [1.807, 2.05) is 30.3 Å². The normalized spacial score (nSPS) is 10.8. The largest absolute Gasteiger partial charge is 0.481 e. The number of anilines is 1. The van der Waals surface area contributed by atoms with Crippen molar-refractivity contribution in [2.75, 3.05) is 11.9 Å². The van der Waals surface area contributed by atoms with Crippen molar-refractivity contribution in [2.45, 2.75) is 6.42 Å². The molecule has 0 bridgehead atoms. The molecule has 0 fully saturated rings. The zero-order valence-electron chi connectivity index (χ0n) is 11.4. The van der Waals surface area contributed by atoms with Gasteiger partial charge in [0.2, 0.25) is 0 Å². The molecule has 0 aliphatic carbocycles. The van der Waals surface area contributed by atoms with Gasteiger partial charge in [-0.1, -0.05) is 23.7 Å². The van der Waals surface area contributed by atoms with E-state index in [-0.39, 0.29) is 6.42 Å². The fourth-order valence-electron chi connectivity index (χ4n) is 2.02. The van der Waals surface area contributed by atoms with Gasteiger partial charge in [0, 0.05) is 16.4 Å². The summed E-state index contributed by atoms with van der Waals surface area (Å²) in [6.07, 6.45) is 1.52. The minimum absolute atomic E-state index is 0.0426. The van der Waals surface area contributed by atoms with E-state index in [0.717, 1.165) is 20.7 Å². The number of aromatic nitrogens is 2. The van der Waals surface area contributed by atoms with Gasteiger partial charge in [-0.15, -0.1) is 11.3 Å². The van der Waals surface area contributed by atoms with Gasteiger partial charge in [-0.2, -0.15) is 0 Å². The molecule has 0 aliphatic rings. The van der Waals surface area contributed by atoms with Crippen LogP contribution in [0.1, 0.15) is 6.42 Å². The highest BCUT2D eigenvalue weighted by Gasteiger charge is 2.10. The topological polar surface area (TPSA) is 75.1 Å². The SMILES string of the molecule is O=C(O)CCNc1ncnc2cc(-c3ccc(Cl)cc3)sc12. The fraction of sp³-hybridized carbons (Fsp3) is 0.133. The third-order valence-corrected chi connectivity index (χ3v) is 4.50. The molecule has 3 aromatic rings. The molecule has 0 amide bonds. The molecule has 0 aliphatic heterocycles. The highest BCUT2D eigenvalue weighted by molar-refractivity contribution is 7.22. The number of rotatable bonds is 5. The Bertz CT molecular complexity index is 817. The van der Waals surface area contributed by atoms with Crippen molar-refractivity contribution in [1.29, 1.82) is 0 Å². The summed E-state index contributed by atoms with van der Waals surface area (Å²) in [5.74, 6) is -0.178. The maximum Gasteiger partial charge on any atom is 0.305 e. The number of aliphatic carboxylic acids is 1. The Morgan fingerprint density at radius 1 is 1.27 bits per heavy atom. The summed E-state index contributed by atoms with van der Waals surface area (Å²) in [6.45, 7) is 0.329. The van der Waals surface area contributed by atoms with Crippen LogP contribution in [0.2, 0.25) is 5.02 Å². The second kappa shape index (κ2) is 6.29. The monoisotopic (exact) mass is 333 g/mol. The maximum atomic E-state index is 10.6. The first-order valence-electron chi connectivity index (χ1n) is 6.59. The molecular formula is C15H12ClN3O2S. The van der Waals surface area contributed by atoms with E-state index in [4.69, 9.17) is 16.7 Å². The minimum Gasteiger partial charge on any atom is -0.481 e.